The molecule has 18 heavy (non-hydrogen) atoms. The monoisotopic (exact) mass is 282 g/mol. The van der Waals surface area contributed by atoms with Crippen molar-refractivity contribution in [1.82, 2.24) is 0 Å². The Bertz CT molecular complexity index is 557. The first-order valence-electron chi connectivity index (χ1n) is 5.23. The van der Waals surface area contributed by atoms with E-state index in [1.54, 1.807) is 6.07 Å². The van der Waals surface area contributed by atoms with Gasteiger partial charge in [-0.3, -0.25) is 0 Å². The van der Waals surface area contributed by atoms with Crippen molar-refractivity contribution >= 4 is 22.7 Å². The van der Waals surface area contributed by atoms with Gasteiger partial charge in [0.1, 0.15) is 12.4 Å². The molecule has 0 saturated heterocycles. The molecule has 0 aliphatic carbocycles. The summed E-state index contributed by atoms with van der Waals surface area (Å²) in [5.41, 5.74) is 1.02. The Morgan fingerprint density at radius 3 is 2.56 bits per heavy atom. The third kappa shape index (κ3) is 3.57. The smallest absolute Gasteiger partial charge is 0.186 e. The lowest BCUT2D eigenvalue weighted by Gasteiger charge is -2.07. The molecular weight excluding hydrogens is 272 g/mol. The van der Waals surface area contributed by atoms with Crippen molar-refractivity contribution in [3.63, 3.8) is 0 Å². The Hall–Kier alpha value is -1.36. The molecule has 94 valence electrons. The Morgan fingerprint density at radius 2 is 1.89 bits per heavy atom. The number of ether oxygens (including phenoxy) is 1. The fourth-order valence-corrected chi connectivity index (χ4v) is 2.20. The highest BCUT2D eigenvalue weighted by Gasteiger charge is 2.05. The van der Waals surface area contributed by atoms with Gasteiger partial charge in [0.05, 0.1) is 4.90 Å². The second kappa shape index (κ2) is 6.00. The number of benzene rings is 2. The predicted molar refractivity (Wildman–Crippen MR) is 71.3 cm³/mol. The highest BCUT2D eigenvalue weighted by Crippen LogP contribution is 2.23. The van der Waals surface area contributed by atoms with E-state index in [4.69, 9.17) is 20.9 Å². The van der Waals surface area contributed by atoms with Crippen LogP contribution in [0.15, 0.2) is 53.4 Å². The molecule has 0 heterocycles. The third-order valence-corrected chi connectivity index (χ3v) is 3.15. The van der Waals surface area contributed by atoms with Gasteiger partial charge in [-0.25, -0.2) is 4.21 Å². The van der Waals surface area contributed by atoms with E-state index in [1.165, 1.54) is 12.1 Å². The van der Waals surface area contributed by atoms with Crippen LogP contribution in [0.2, 0.25) is 5.02 Å². The molecule has 5 heteroatoms. The minimum Gasteiger partial charge on any atom is -0.489 e. The Morgan fingerprint density at radius 1 is 1.17 bits per heavy atom. The maximum Gasteiger partial charge on any atom is 0.186 e. The van der Waals surface area contributed by atoms with Crippen molar-refractivity contribution in [2.45, 2.75) is 11.5 Å². The van der Waals surface area contributed by atoms with Crippen molar-refractivity contribution in [3.8, 4) is 5.75 Å². The zero-order chi connectivity index (χ0) is 13.0. The summed E-state index contributed by atoms with van der Waals surface area (Å²) in [6, 6.07) is 14.2. The first kappa shape index (κ1) is 13.1. The van der Waals surface area contributed by atoms with Crippen molar-refractivity contribution in [1.29, 1.82) is 0 Å². The molecule has 0 fully saturated rings. The molecule has 0 bridgehead atoms. The summed E-state index contributed by atoms with van der Waals surface area (Å²) in [7, 11) is 0. The van der Waals surface area contributed by atoms with Crippen molar-refractivity contribution < 1.29 is 13.5 Å². The van der Waals surface area contributed by atoms with E-state index in [2.05, 4.69) is 0 Å². The van der Waals surface area contributed by atoms with Crippen molar-refractivity contribution in [2.75, 3.05) is 0 Å². The standard InChI is InChI=1S/C13H11ClO3S/c14-11-6-12(8-13(7-11)18(15)16)17-9-10-4-2-1-3-5-10/h1-8H,9H2,(H,15,16). The summed E-state index contributed by atoms with van der Waals surface area (Å²) in [5, 5.41) is 0.373. The Kier molecular flexibility index (Phi) is 4.36. The van der Waals surface area contributed by atoms with Gasteiger partial charge in [-0.2, -0.15) is 0 Å². The largest absolute Gasteiger partial charge is 0.489 e. The summed E-state index contributed by atoms with van der Waals surface area (Å²) in [6.07, 6.45) is 0. The zero-order valence-electron chi connectivity index (χ0n) is 9.38. The highest BCUT2D eigenvalue weighted by atomic mass is 35.5. The van der Waals surface area contributed by atoms with Gasteiger partial charge < -0.3 is 9.29 Å². The summed E-state index contributed by atoms with van der Waals surface area (Å²) >= 11 is 3.79. The zero-order valence-corrected chi connectivity index (χ0v) is 10.9. The fraction of sp³-hybridized carbons (Fsp3) is 0.0769. The van der Waals surface area contributed by atoms with Crippen LogP contribution in [0.3, 0.4) is 0 Å². The first-order chi connectivity index (χ1) is 8.65. The van der Waals surface area contributed by atoms with E-state index in [9.17, 15) is 4.21 Å². The third-order valence-electron chi connectivity index (χ3n) is 2.29. The molecule has 2 rings (SSSR count). The number of halogens is 1. The van der Waals surface area contributed by atoms with Crippen LogP contribution < -0.4 is 4.74 Å². The van der Waals surface area contributed by atoms with Crippen LogP contribution in [-0.4, -0.2) is 8.76 Å². The topological polar surface area (TPSA) is 46.5 Å². The molecule has 1 unspecified atom stereocenters. The van der Waals surface area contributed by atoms with Gasteiger partial charge in [0.25, 0.3) is 0 Å². The number of hydrogen-bond acceptors (Lipinski definition) is 2. The van der Waals surface area contributed by atoms with Gasteiger partial charge in [0.15, 0.2) is 11.1 Å². The average molecular weight is 283 g/mol. The van der Waals surface area contributed by atoms with E-state index >= 15 is 0 Å². The molecule has 0 saturated carbocycles. The van der Waals surface area contributed by atoms with E-state index in [-0.39, 0.29) is 4.90 Å². The van der Waals surface area contributed by atoms with Gasteiger partial charge in [0, 0.05) is 5.02 Å². The first-order valence-corrected chi connectivity index (χ1v) is 6.72. The van der Waals surface area contributed by atoms with E-state index in [0.29, 0.717) is 17.4 Å². The van der Waals surface area contributed by atoms with Gasteiger partial charge in [0.2, 0.25) is 0 Å². The second-order valence-electron chi connectivity index (χ2n) is 3.65. The fourth-order valence-electron chi connectivity index (χ4n) is 1.46. The van der Waals surface area contributed by atoms with Crippen molar-refractivity contribution in [3.05, 3.63) is 59.1 Å². The van der Waals surface area contributed by atoms with E-state index < -0.39 is 11.1 Å². The molecule has 3 nitrogen and oxygen atoms in total. The summed E-state index contributed by atoms with van der Waals surface area (Å²) in [5.74, 6) is 0.476. The summed E-state index contributed by atoms with van der Waals surface area (Å²) in [4.78, 5) is 0.227. The molecule has 2 aromatic carbocycles. The van der Waals surface area contributed by atoms with Crippen LogP contribution in [0, 0.1) is 0 Å². The maximum atomic E-state index is 11.0. The molecule has 0 aliphatic heterocycles. The van der Waals surface area contributed by atoms with E-state index in [0.717, 1.165) is 5.56 Å². The average Bonchev–Trinajstić information content (AvgIpc) is 2.37. The van der Waals surface area contributed by atoms with Crippen LogP contribution in [0.4, 0.5) is 0 Å². The van der Waals surface area contributed by atoms with Gasteiger partial charge in [-0.15, -0.1) is 0 Å². The molecule has 0 aromatic heterocycles. The highest BCUT2D eigenvalue weighted by molar-refractivity contribution is 7.79. The quantitative estimate of drug-likeness (QED) is 0.873. The van der Waals surface area contributed by atoms with Crippen LogP contribution >= 0.6 is 11.6 Å². The van der Waals surface area contributed by atoms with Crippen LogP contribution in [-0.2, 0) is 17.7 Å². The molecule has 1 atom stereocenters. The van der Waals surface area contributed by atoms with E-state index in [1.807, 2.05) is 30.3 Å². The predicted octanol–water partition coefficient (Wildman–Crippen LogP) is 3.50. The maximum absolute atomic E-state index is 11.0. The Labute approximate surface area is 113 Å². The summed E-state index contributed by atoms with van der Waals surface area (Å²) < 4.78 is 25.5. The molecular formula is C13H11ClO3S. The lowest BCUT2D eigenvalue weighted by atomic mass is 10.2. The van der Waals surface area contributed by atoms with Gasteiger partial charge >= 0.3 is 0 Å². The normalized spacial score (nSPS) is 12.1. The lowest BCUT2D eigenvalue weighted by Crippen LogP contribution is -1.96. The minimum absolute atomic E-state index is 0.227. The van der Waals surface area contributed by atoms with Gasteiger partial charge in [-0.05, 0) is 23.8 Å². The minimum atomic E-state index is -2.06. The molecule has 2 aromatic rings. The second-order valence-corrected chi connectivity index (χ2v) is 5.05. The van der Waals surface area contributed by atoms with Crippen LogP contribution in [0.5, 0.6) is 5.75 Å². The SMILES string of the molecule is O=S(O)c1cc(Cl)cc(OCc2ccccc2)c1. The van der Waals surface area contributed by atoms with Gasteiger partial charge in [-0.1, -0.05) is 41.9 Å². The molecule has 0 amide bonds. The lowest BCUT2D eigenvalue weighted by molar-refractivity contribution is 0.305. The molecule has 1 N–H and O–H groups in total. The van der Waals surface area contributed by atoms with Crippen LogP contribution in [0.25, 0.3) is 0 Å². The molecule has 0 spiro atoms. The summed E-state index contributed by atoms with van der Waals surface area (Å²) in [6.45, 7) is 0.388. The molecule has 0 aliphatic rings. The number of hydrogen-bond donors (Lipinski definition) is 1. The Balaban J connectivity index is 2.12. The van der Waals surface area contributed by atoms with Crippen LogP contribution in [0.1, 0.15) is 5.56 Å². The number of rotatable bonds is 4. The molecule has 0 radical (unpaired) electrons. The van der Waals surface area contributed by atoms with Crippen molar-refractivity contribution in [2.24, 2.45) is 0 Å².